The zero-order valence-corrected chi connectivity index (χ0v) is 17.2. The Kier molecular flexibility index (Phi) is 7.09. The second-order valence-corrected chi connectivity index (χ2v) is 23.5. The van der Waals surface area contributed by atoms with Crippen LogP contribution in [0.1, 0.15) is 69.2 Å². The van der Waals surface area contributed by atoms with Crippen molar-refractivity contribution in [2.75, 3.05) is 4.11 Å². The second kappa shape index (κ2) is 6.61. The molecule has 0 fully saturated rings. The Morgan fingerprint density at radius 2 is 1.06 bits per heavy atom. The Morgan fingerprint density at radius 1 is 0.765 bits per heavy atom. The van der Waals surface area contributed by atoms with Crippen LogP contribution < -0.4 is 0 Å². The van der Waals surface area contributed by atoms with Crippen LogP contribution in [0.15, 0.2) is 0 Å². The van der Waals surface area contributed by atoms with Gasteiger partial charge in [-0.3, -0.25) is 0 Å². The molecule has 0 saturated carbocycles. The third kappa shape index (κ3) is 6.29. The van der Waals surface area contributed by atoms with Crippen LogP contribution in [-0.2, 0) is 0 Å². The first-order valence-corrected chi connectivity index (χ1v) is 12.9. The molecule has 0 rings (SSSR count). The van der Waals surface area contributed by atoms with E-state index < -0.39 is 20.2 Å². The summed E-state index contributed by atoms with van der Waals surface area (Å²) in [6.07, 6.45) is 0. The zero-order valence-electron chi connectivity index (χ0n) is 13.8. The molecule has 0 aromatic carbocycles. The Balaban J connectivity index is 4.99. The fourth-order valence-corrected chi connectivity index (χ4v) is 26.9. The van der Waals surface area contributed by atoms with Crippen LogP contribution >= 0.6 is 7.92 Å². The van der Waals surface area contributed by atoms with Crippen molar-refractivity contribution in [2.24, 2.45) is 0 Å². The molecular formula is C15H34PSb. The van der Waals surface area contributed by atoms with Gasteiger partial charge in [-0.25, -0.2) is 0 Å². The van der Waals surface area contributed by atoms with Gasteiger partial charge in [-0.15, -0.1) is 0 Å². The number of rotatable bonds is 4. The summed E-state index contributed by atoms with van der Waals surface area (Å²) in [7, 11) is 0.235. The predicted octanol–water partition coefficient (Wildman–Crippen LogP) is 5.92. The van der Waals surface area contributed by atoms with Gasteiger partial charge < -0.3 is 0 Å². The first-order valence-electron chi connectivity index (χ1n) is 6.91. The number of hydrogen-bond acceptors (Lipinski definition) is 0. The van der Waals surface area contributed by atoms with Crippen molar-refractivity contribution in [1.29, 1.82) is 0 Å². The van der Waals surface area contributed by atoms with E-state index in [1.807, 2.05) is 0 Å². The van der Waals surface area contributed by atoms with Crippen LogP contribution in [0.2, 0.25) is 6.72 Å². The van der Waals surface area contributed by atoms with Gasteiger partial charge in [0.1, 0.15) is 0 Å². The Bertz CT molecular complexity index is 198. The van der Waals surface area contributed by atoms with Crippen LogP contribution in [0, 0.1) is 0 Å². The van der Waals surface area contributed by atoms with Gasteiger partial charge in [0, 0.05) is 0 Å². The van der Waals surface area contributed by atoms with Crippen LogP contribution in [-0.4, -0.2) is 35.6 Å². The molecular weight excluding hydrogens is 333 g/mol. The molecule has 0 unspecified atom stereocenters. The van der Waals surface area contributed by atoms with Gasteiger partial charge in [0.25, 0.3) is 0 Å². The van der Waals surface area contributed by atoms with Crippen molar-refractivity contribution in [3.63, 3.8) is 0 Å². The van der Waals surface area contributed by atoms with Gasteiger partial charge in [-0.05, 0) is 0 Å². The van der Waals surface area contributed by atoms with Gasteiger partial charge in [0.05, 0.1) is 0 Å². The molecule has 0 atom stereocenters. The first kappa shape index (κ1) is 18.2. The zero-order chi connectivity index (χ0) is 14.0. The first-order chi connectivity index (χ1) is 7.37. The van der Waals surface area contributed by atoms with Gasteiger partial charge in [-0.1, -0.05) is 0 Å². The van der Waals surface area contributed by atoms with Crippen molar-refractivity contribution >= 4 is 28.1 Å². The maximum absolute atomic E-state index is 2.50. The molecule has 0 aromatic rings. The van der Waals surface area contributed by atoms with Crippen LogP contribution in [0.25, 0.3) is 0 Å². The molecule has 0 radical (unpaired) electrons. The summed E-state index contributed by atoms with van der Waals surface area (Å²) in [6, 6.07) is 0. The molecule has 104 valence electrons. The minimum absolute atomic E-state index is 0.235. The van der Waals surface area contributed by atoms with E-state index >= 15 is 0 Å². The molecule has 17 heavy (non-hydrogen) atoms. The Hall–Kier alpha value is 1.25. The normalized spacial score (nSPS) is 14.5. The second-order valence-electron chi connectivity index (χ2n) is 7.61. The molecule has 0 heterocycles. The molecule has 0 aliphatic carbocycles. The van der Waals surface area contributed by atoms with Crippen LogP contribution in [0.3, 0.4) is 0 Å². The monoisotopic (exact) mass is 366 g/mol. The van der Waals surface area contributed by atoms with Gasteiger partial charge in [0.15, 0.2) is 0 Å². The molecule has 0 saturated heterocycles. The van der Waals surface area contributed by atoms with E-state index in [1.165, 1.54) is 0 Å². The SMILES string of the molecule is CC(C)P([CH2][Sb]([C](C)(C)C)[C](C)(C)C)C(C)C. The summed E-state index contributed by atoms with van der Waals surface area (Å²) in [6.45, 7) is 24.7. The van der Waals surface area contributed by atoms with Gasteiger partial charge >= 0.3 is 120 Å². The van der Waals surface area contributed by atoms with Crippen molar-refractivity contribution in [3.05, 3.63) is 0 Å². The molecule has 0 nitrogen and oxygen atoms in total. The number of hydrogen-bond donors (Lipinski definition) is 0. The quantitative estimate of drug-likeness (QED) is 0.428. The molecule has 0 bridgehead atoms. The molecule has 0 aliphatic heterocycles. The van der Waals surface area contributed by atoms with E-state index in [9.17, 15) is 0 Å². The summed E-state index contributed by atoms with van der Waals surface area (Å²) in [5, 5.41) is 0. The van der Waals surface area contributed by atoms with E-state index in [-0.39, 0.29) is 7.92 Å². The molecule has 0 aromatic heterocycles. The van der Waals surface area contributed by atoms with E-state index in [1.54, 1.807) is 4.11 Å². The molecule has 0 spiro atoms. The third-order valence-corrected chi connectivity index (χ3v) is 21.0. The van der Waals surface area contributed by atoms with Crippen molar-refractivity contribution in [3.8, 4) is 0 Å². The summed E-state index contributed by atoms with van der Waals surface area (Å²) in [5.74, 6) is 0. The predicted molar refractivity (Wildman–Crippen MR) is 87.2 cm³/mol. The van der Waals surface area contributed by atoms with Gasteiger partial charge in [-0.2, -0.15) is 0 Å². The fourth-order valence-electron chi connectivity index (χ4n) is 2.52. The van der Waals surface area contributed by atoms with E-state index in [0.717, 1.165) is 11.3 Å². The summed E-state index contributed by atoms with van der Waals surface area (Å²) in [4.78, 5) is 0. The van der Waals surface area contributed by atoms with E-state index in [2.05, 4.69) is 69.2 Å². The summed E-state index contributed by atoms with van der Waals surface area (Å²) in [5.41, 5.74) is 1.81. The van der Waals surface area contributed by atoms with Crippen LogP contribution in [0.4, 0.5) is 0 Å². The van der Waals surface area contributed by atoms with Crippen molar-refractivity contribution in [1.82, 2.24) is 0 Å². The van der Waals surface area contributed by atoms with Crippen LogP contribution in [0.5, 0.6) is 0 Å². The summed E-state index contributed by atoms with van der Waals surface area (Å²) >= 11 is -1.25. The Morgan fingerprint density at radius 3 is 1.24 bits per heavy atom. The topological polar surface area (TPSA) is 0 Å². The molecule has 0 N–H and O–H groups in total. The molecule has 2 heteroatoms. The fraction of sp³-hybridized carbons (Fsp3) is 1.00. The average molecular weight is 367 g/mol. The molecule has 0 amide bonds. The van der Waals surface area contributed by atoms with Crippen molar-refractivity contribution < 1.29 is 0 Å². The van der Waals surface area contributed by atoms with E-state index in [4.69, 9.17) is 0 Å². The molecule has 0 aliphatic rings. The third-order valence-electron chi connectivity index (χ3n) is 3.25. The Labute approximate surface area is 119 Å². The minimum atomic E-state index is -1.25. The average Bonchev–Trinajstić information content (AvgIpc) is 1.96. The van der Waals surface area contributed by atoms with Crippen molar-refractivity contribution in [2.45, 2.75) is 87.3 Å². The van der Waals surface area contributed by atoms with E-state index in [0.29, 0.717) is 6.72 Å². The maximum atomic E-state index is 2.50. The standard InChI is InChI=1S/C7H16P.2C4H9.Sb/c1-6(2)8(5)7(3)4;2*1-4(2)3;/h6-7H,5H2,1-4H3;2*1-3H3;. The van der Waals surface area contributed by atoms with Gasteiger partial charge in [0.2, 0.25) is 0 Å². The summed E-state index contributed by atoms with van der Waals surface area (Å²) < 4.78 is 2.82.